The van der Waals surface area contributed by atoms with Gasteiger partial charge in [0.15, 0.2) is 6.61 Å². The number of aromatic nitrogens is 2. The molecule has 27 heavy (non-hydrogen) atoms. The molecule has 0 aliphatic heterocycles. The molecule has 1 heterocycles. The largest absolute Gasteiger partial charge is 0.454 e. The Hall–Kier alpha value is -3.16. The van der Waals surface area contributed by atoms with Crippen LogP contribution in [0.3, 0.4) is 0 Å². The van der Waals surface area contributed by atoms with Crippen LogP contribution in [0.1, 0.15) is 30.0 Å². The number of amides is 1. The van der Waals surface area contributed by atoms with Crippen LogP contribution < -0.4 is 11.1 Å². The summed E-state index contributed by atoms with van der Waals surface area (Å²) in [7, 11) is 1.70. The van der Waals surface area contributed by atoms with E-state index < -0.39 is 30.2 Å². The predicted octanol–water partition coefficient (Wildman–Crippen LogP) is 0.616. The molecule has 1 aromatic carbocycles. The van der Waals surface area contributed by atoms with E-state index in [0.717, 1.165) is 41.6 Å². The highest BCUT2D eigenvalue weighted by Crippen LogP contribution is 2.33. The first-order chi connectivity index (χ1) is 13.0. The minimum Gasteiger partial charge on any atom is -0.454 e. The van der Waals surface area contributed by atoms with Gasteiger partial charge in [-0.05, 0) is 30.4 Å². The number of H-pyrrole nitrogens is 1. The number of nitrogens with zero attached hydrogens (tertiary/aromatic N) is 2. The average molecular weight is 371 g/mol. The summed E-state index contributed by atoms with van der Waals surface area (Å²) in [4.78, 5) is 48.8. The maximum Gasteiger partial charge on any atom is 0.328 e. The number of benzene rings is 1. The van der Waals surface area contributed by atoms with Crippen molar-refractivity contribution in [3.63, 3.8) is 0 Å². The van der Waals surface area contributed by atoms with E-state index in [1.165, 1.54) is 5.56 Å². The van der Waals surface area contributed by atoms with Crippen molar-refractivity contribution in [2.75, 3.05) is 13.7 Å². The van der Waals surface area contributed by atoms with Crippen LogP contribution in [0.5, 0.6) is 0 Å². The van der Waals surface area contributed by atoms with E-state index in [1.54, 1.807) is 11.9 Å². The first kappa shape index (κ1) is 18.6. The van der Waals surface area contributed by atoms with Gasteiger partial charge in [-0.25, -0.2) is 4.68 Å². The Morgan fingerprint density at radius 1 is 1.22 bits per heavy atom. The van der Waals surface area contributed by atoms with Crippen molar-refractivity contribution in [1.82, 2.24) is 14.7 Å². The zero-order chi connectivity index (χ0) is 19.4. The molecule has 142 valence electrons. The summed E-state index contributed by atoms with van der Waals surface area (Å²) in [6, 6.07) is 10.1. The van der Waals surface area contributed by atoms with Crippen molar-refractivity contribution in [2.45, 2.75) is 31.8 Å². The van der Waals surface area contributed by atoms with Crippen LogP contribution in [0.25, 0.3) is 0 Å². The number of hydrogen-bond donors (Lipinski definition) is 1. The third-order valence-corrected chi connectivity index (χ3v) is 4.73. The molecule has 8 nitrogen and oxygen atoms in total. The second-order valence-corrected chi connectivity index (χ2v) is 6.51. The number of aryl methyl sites for hydroxylation is 1. The molecular weight excluding hydrogens is 350 g/mol. The molecule has 1 aliphatic carbocycles. The van der Waals surface area contributed by atoms with Crippen molar-refractivity contribution in [2.24, 2.45) is 0 Å². The number of nitrogens with one attached hydrogen (secondary N) is 1. The van der Waals surface area contributed by atoms with Crippen molar-refractivity contribution in [1.29, 1.82) is 0 Å². The van der Waals surface area contributed by atoms with E-state index in [4.69, 9.17) is 4.74 Å². The second-order valence-electron chi connectivity index (χ2n) is 6.51. The fraction of sp³-hybridized carbons (Fsp3) is 0.368. The third kappa shape index (κ3) is 4.33. The molecule has 1 amide bonds. The Bertz CT molecular complexity index is 962. The molecule has 0 bridgehead atoms. The maximum absolute atomic E-state index is 12.5. The quantitative estimate of drug-likeness (QED) is 0.776. The van der Waals surface area contributed by atoms with Crippen LogP contribution in [0.4, 0.5) is 0 Å². The van der Waals surface area contributed by atoms with E-state index in [0.29, 0.717) is 0 Å². The number of fused-ring (bicyclic) bond motifs is 1. The van der Waals surface area contributed by atoms with E-state index >= 15 is 0 Å². The smallest absolute Gasteiger partial charge is 0.328 e. The number of rotatable bonds is 5. The Balaban J connectivity index is 1.59. The summed E-state index contributed by atoms with van der Waals surface area (Å²) in [6.07, 6.45) is 2.84. The van der Waals surface area contributed by atoms with Gasteiger partial charge in [-0.2, -0.15) is 0 Å². The third-order valence-electron chi connectivity index (χ3n) is 4.73. The van der Waals surface area contributed by atoms with Gasteiger partial charge in [0.25, 0.3) is 17.0 Å². The molecule has 1 N–H and O–H groups in total. The molecule has 0 radical (unpaired) electrons. The predicted molar refractivity (Wildman–Crippen MR) is 97.2 cm³/mol. The number of ether oxygens (including phenoxy) is 1. The summed E-state index contributed by atoms with van der Waals surface area (Å²) >= 11 is 0. The van der Waals surface area contributed by atoms with Crippen molar-refractivity contribution >= 4 is 11.9 Å². The van der Waals surface area contributed by atoms with Crippen LogP contribution in [0.15, 0.2) is 46.0 Å². The Labute approximate surface area is 155 Å². The molecule has 0 saturated heterocycles. The monoisotopic (exact) mass is 371 g/mol. The minimum atomic E-state index is -0.773. The van der Waals surface area contributed by atoms with Crippen LogP contribution >= 0.6 is 0 Å². The van der Waals surface area contributed by atoms with Crippen LogP contribution in [-0.2, 0) is 27.3 Å². The van der Waals surface area contributed by atoms with E-state index in [-0.39, 0.29) is 11.9 Å². The van der Waals surface area contributed by atoms with Crippen LogP contribution in [-0.4, -0.2) is 40.2 Å². The highest BCUT2D eigenvalue weighted by Gasteiger charge is 2.26. The molecule has 0 spiro atoms. The lowest BCUT2D eigenvalue weighted by Crippen LogP contribution is -2.37. The molecule has 8 heteroatoms. The standard InChI is InChI=1S/C19H21N3O5/c1-21(15-8-4-6-13-5-2-3-7-14(13)15)18(25)12-27-19(26)11-22-17(24)10-9-16(23)20-22/h2-3,5,7,9-10,15H,4,6,8,11-12H2,1H3,(H,20,23)/t15-/m0/s1. The average Bonchev–Trinajstić information content (AvgIpc) is 2.68. The molecule has 1 atom stereocenters. The minimum absolute atomic E-state index is 0.0470. The van der Waals surface area contributed by atoms with Crippen molar-refractivity contribution in [3.05, 3.63) is 68.2 Å². The number of aromatic amines is 1. The highest BCUT2D eigenvalue weighted by molar-refractivity contribution is 5.80. The normalized spacial score (nSPS) is 15.7. The number of hydrogen-bond acceptors (Lipinski definition) is 5. The summed E-state index contributed by atoms with van der Waals surface area (Å²) in [6.45, 7) is -0.877. The van der Waals surface area contributed by atoms with Gasteiger partial charge in [-0.15, -0.1) is 0 Å². The maximum atomic E-state index is 12.5. The lowest BCUT2D eigenvalue weighted by molar-refractivity contribution is -0.153. The number of esters is 1. The number of carbonyl (C=O) groups excluding carboxylic acids is 2. The summed E-state index contributed by atoms with van der Waals surface area (Å²) in [5.74, 6) is -1.09. The SMILES string of the molecule is CN(C(=O)COC(=O)Cn1[nH]c(=O)ccc1=O)[C@H]1CCCc2ccccc21. The van der Waals surface area contributed by atoms with E-state index in [1.807, 2.05) is 18.2 Å². The van der Waals surface area contributed by atoms with Gasteiger partial charge in [-0.1, -0.05) is 24.3 Å². The Kier molecular flexibility index (Phi) is 5.54. The van der Waals surface area contributed by atoms with E-state index in [9.17, 15) is 19.2 Å². The molecular formula is C19H21N3O5. The van der Waals surface area contributed by atoms with Gasteiger partial charge in [0.05, 0.1) is 6.04 Å². The molecule has 0 fully saturated rings. The van der Waals surface area contributed by atoms with Crippen LogP contribution in [0.2, 0.25) is 0 Å². The second kappa shape index (κ2) is 8.03. The van der Waals surface area contributed by atoms with Crippen molar-refractivity contribution in [3.8, 4) is 0 Å². The van der Waals surface area contributed by atoms with Crippen LogP contribution in [0, 0.1) is 0 Å². The fourth-order valence-corrected chi connectivity index (χ4v) is 3.30. The zero-order valence-electron chi connectivity index (χ0n) is 15.0. The van der Waals surface area contributed by atoms with Gasteiger partial charge in [0.1, 0.15) is 6.54 Å². The molecule has 2 aromatic rings. The van der Waals surface area contributed by atoms with Crippen molar-refractivity contribution < 1.29 is 14.3 Å². The summed E-state index contributed by atoms with van der Waals surface area (Å²) in [5, 5.41) is 2.23. The Morgan fingerprint density at radius 2 is 2.00 bits per heavy atom. The summed E-state index contributed by atoms with van der Waals surface area (Å²) in [5.41, 5.74) is 1.32. The van der Waals surface area contributed by atoms with Gasteiger partial charge in [0, 0.05) is 19.2 Å². The lowest BCUT2D eigenvalue weighted by atomic mass is 9.87. The molecule has 0 unspecified atom stereocenters. The molecule has 3 rings (SSSR count). The molecule has 1 aliphatic rings. The van der Waals surface area contributed by atoms with Gasteiger partial charge < -0.3 is 9.64 Å². The molecule has 1 aromatic heterocycles. The number of likely N-dealkylation sites (N-methyl/N-ethyl adjacent to an activating group) is 1. The topological polar surface area (TPSA) is 101 Å². The zero-order valence-corrected chi connectivity index (χ0v) is 15.0. The Morgan fingerprint density at radius 3 is 2.81 bits per heavy atom. The van der Waals surface area contributed by atoms with Gasteiger partial charge in [-0.3, -0.25) is 24.3 Å². The van der Waals surface area contributed by atoms with E-state index in [2.05, 4.69) is 11.2 Å². The lowest BCUT2D eigenvalue weighted by Gasteiger charge is -2.33. The highest BCUT2D eigenvalue weighted by atomic mass is 16.5. The first-order valence-corrected chi connectivity index (χ1v) is 8.75. The van der Waals surface area contributed by atoms with Gasteiger partial charge >= 0.3 is 5.97 Å². The molecule has 0 saturated carbocycles. The number of carbonyl (C=O) groups is 2. The summed E-state index contributed by atoms with van der Waals surface area (Å²) < 4.78 is 5.83. The fourth-order valence-electron chi connectivity index (χ4n) is 3.30. The first-order valence-electron chi connectivity index (χ1n) is 8.75. The van der Waals surface area contributed by atoms with Gasteiger partial charge in [0.2, 0.25) is 0 Å².